The minimum Gasteiger partial charge on any atom is -0.493 e. The second-order valence-electron chi connectivity index (χ2n) is 7.04. The lowest BCUT2D eigenvalue weighted by molar-refractivity contribution is -0.0660. The number of alkyl halides is 2. The van der Waals surface area contributed by atoms with Crippen LogP contribution in [0.3, 0.4) is 0 Å². The van der Waals surface area contributed by atoms with Gasteiger partial charge in [0.15, 0.2) is 0 Å². The van der Waals surface area contributed by atoms with Crippen LogP contribution in [0.2, 0.25) is 0 Å². The van der Waals surface area contributed by atoms with Gasteiger partial charge in [-0.05, 0) is 49.7 Å². The monoisotopic (exact) mass is 410 g/mol. The van der Waals surface area contributed by atoms with Gasteiger partial charge in [-0.3, -0.25) is 4.98 Å². The van der Waals surface area contributed by atoms with E-state index in [1.807, 2.05) is 30.3 Å². The Bertz CT molecular complexity index is 874. The van der Waals surface area contributed by atoms with Crippen LogP contribution < -0.4 is 9.46 Å². The number of nitrogens with one attached hydrogen (secondary N) is 1. The summed E-state index contributed by atoms with van der Waals surface area (Å²) in [6.07, 6.45) is 1.09. The highest BCUT2D eigenvalue weighted by Crippen LogP contribution is 2.37. The van der Waals surface area contributed by atoms with E-state index in [0.29, 0.717) is 5.75 Å². The number of pyridine rings is 1. The second kappa shape index (κ2) is 8.53. The average Bonchev–Trinajstić information content (AvgIpc) is 2.69. The summed E-state index contributed by atoms with van der Waals surface area (Å²) in [6.45, 7) is 1.55. The Labute approximate surface area is 164 Å². The SMILES string of the molecule is CCS(=O)(=O)NC1CCC(F)(F)CC1COc1ccc(-c2ccccn2)cc1. The van der Waals surface area contributed by atoms with Crippen molar-refractivity contribution < 1.29 is 21.9 Å². The summed E-state index contributed by atoms with van der Waals surface area (Å²) < 4.78 is 59.8. The van der Waals surface area contributed by atoms with E-state index in [4.69, 9.17) is 4.74 Å². The largest absolute Gasteiger partial charge is 0.493 e. The van der Waals surface area contributed by atoms with E-state index in [1.54, 1.807) is 18.3 Å². The van der Waals surface area contributed by atoms with Crippen LogP contribution in [0.15, 0.2) is 48.7 Å². The number of benzene rings is 1. The van der Waals surface area contributed by atoms with Crippen LogP contribution in [0, 0.1) is 5.92 Å². The van der Waals surface area contributed by atoms with E-state index >= 15 is 0 Å². The fraction of sp³-hybridized carbons (Fsp3) is 0.450. The number of sulfonamides is 1. The first-order chi connectivity index (χ1) is 13.3. The van der Waals surface area contributed by atoms with Gasteiger partial charge in [0, 0.05) is 36.6 Å². The van der Waals surface area contributed by atoms with Crippen molar-refractivity contribution >= 4 is 10.0 Å². The Balaban J connectivity index is 1.66. The summed E-state index contributed by atoms with van der Waals surface area (Å²) in [6, 6.07) is 12.3. The van der Waals surface area contributed by atoms with E-state index in [1.165, 1.54) is 6.92 Å². The van der Waals surface area contributed by atoms with Gasteiger partial charge in [-0.1, -0.05) is 6.07 Å². The molecule has 8 heteroatoms. The van der Waals surface area contributed by atoms with Gasteiger partial charge >= 0.3 is 0 Å². The van der Waals surface area contributed by atoms with Crippen molar-refractivity contribution in [2.75, 3.05) is 12.4 Å². The third-order valence-electron chi connectivity index (χ3n) is 4.94. The predicted molar refractivity (Wildman–Crippen MR) is 104 cm³/mol. The summed E-state index contributed by atoms with van der Waals surface area (Å²) in [4.78, 5) is 4.28. The predicted octanol–water partition coefficient (Wildman–Crippen LogP) is 3.87. The van der Waals surface area contributed by atoms with Crippen LogP contribution in [0.4, 0.5) is 8.78 Å². The van der Waals surface area contributed by atoms with E-state index in [2.05, 4.69) is 9.71 Å². The molecular weight excluding hydrogens is 386 g/mol. The van der Waals surface area contributed by atoms with Crippen molar-refractivity contribution in [2.24, 2.45) is 5.92 Å². The van der Waals surface area contributed by atoms with Crippen LogP contribution in [0.5, 0.6) is 5.75 Å². The minimum absolute atomic E-state index is 0.0232. The zero-order valence-corrected chi connectivity index (χ0v) is 16.5. The zero-order valence-electron chi connectivity index (χ0n) is 15.6. The van der Waals surface area contributed by atoms with Crippen molar-refractivity contribution in [3.05, 3.63) is 48.7 Å². The lowest BCUT2D eigenvalue weighted by Gasteiger charge is -2.36. The molecule has 1 aromatic heterocycles. The highest BCUT2D eigenvalue weighted by atomic mass is 32.2. The van der Waals surface area contributed by atoms with Gasteiger partial charge in [0.2, 0.25) is 15.9 Å². The molecule has 3 rings (SSSR count). The molecule has 28 heavy (non-hydrogen) atoms. The summed E-state index contributed by atoms with van der Waals surface area (Å²) in [5, 5.41) is 0. The number of rotatable bonds is 7. The van der Waals surface area contributed by atoms with Gasteiger partial charge in [0.05, 0.1) is 18.1 Å². The molecule has 1 N–H and O–H groups in total. The molecule has 1 aliphatic carbocycles. The molecule has 0 saturated heterocycles. The molecule has 1 aliphatic rings. The zero-order chi connectivity index (χ0) is 20.2. The lowest BCUT2D eigenvalue weighted by atomic mass is 9.83. The molecule has 0 radical (unpaired) electrons. The summed E-state index contributed by atoms with van der Waals surface area (Å²) in [7, 11) is -3.47. The first-order valence-electron chi connectivity index (χ1n) is 9.30. The Kier molecular flexibility index (Phi) is 6.30. The fourth-order valence-electron chi connectivity index (χ4n) is 3.33. The number of halogens is 2. The quantitative estimate of drug-likeness (QED) is 0.752. The van der Waals surface area contributed by atoms with Crippen molar-refractivity contribution in [1.82, 2.24) is 9.71 Å². The molecule has 1 saturated carbocycles. The van der Waals surface area contributed by atoms with E-state index < -0.39 is 34.3 Å². The first kappa shape index (κ1) is 20.7. The highest BCUT2D eigenvalue weighted by molar-refractivity contribution is 7.89. The number of aromatic nitrogens is 1. The maximum Gasteiger partial charge on any atom is 0.248 e. The smallest absolute Gasteiger partial charge is 0.248 e. The van der Waals surface area contributed by atoms with E-state index in [0.717, 1.165) is 11.3 Å². The molecule has 0 bridgehead atoms. The number of hydrogen-bond acceptors (Lipinski definition) is 4. The van der Waals surface area contributed by atoms with E-state index in [9.17, 15) is 17.2 Å². The second-order valence-corrected chi connectivity index (χ2v) is 9.08. The van der Waals surface area contributed by atoms with Crippen LogP contribution >= 0.6 is 0 Å². The van der Waals surface area contributed by atoms with Crippen molar-refractivity contribution in [3.8, 4) is 17.0 Å². The third-order valence-corrected chi connectivity index (χ3v) is 6.36. The first-order valence-corrected chi connectivity index (χ1v) is 11.0. The molecule has 2 atom stereocenters. The van der Waals surface area contributed by atoms with Gasteiger partial charge in [-0.2, -0.15) is 0 Å². The van der Waals surface area contributed by atoms with Gasteiger partial charge < -0.3 is 4.74 Å². The Morgan fingerprint density at radius 3 is 2.61 bits per heavy atom. The number of ether oxygens (including phenoxy) is 1. The van der Waals surface area contributed by atoms with Crippen molar-refractivity contribution in [3.63, 3.8) is 0 Å². The van der Waals surface area contributed by atoms with Crippen LogP contribution in [0.1, 0.15) is 26.2 Å². The summed E-state index contributed by atoms with van der Waals surface area (Å²) >= 11 is 0. The van der Waals surface area contributed by atoms with Gasteiger partial charge in [-0.25, -0.2) is 21.9 Å². The standard InChI is InChI=1S/C20H24F2N2O3S/c1-2-28(25,26)24-19-10-11-20(21,22)13-16(19)14-27-17-8-6-15(7-9-17)18-5-3-4-12-23-18/h3-9,12,16,19,24H,2,10-11,13-14H2,1H3. The highest BCUT2D eigenvalue weighted by Gasteiger charge is 2.42. The van der Waals surface area contributed by atoms with Gasteiger partial charge in [0.1, 0.15) is 5.75 Å². The normalized spacial score (nSPS) is 22.0. The minimum atomic E-state index is -3.47. The molecular formula is C20H24F2N2O3S. The van der Waals surface area contributed by atoms with Crippen LogP contribution in [0.25, 0.3) is 11.3 Å². The topological polar surface area (TPSA) is 68.3 Å². The average molecular weight is 410 g/mol. The molecule has 2 unspecified atom stereocenters. The molecule has 1 heterocycles. The third kappa shape index (κ3) is 5.48. The molecule has 1 fully saturated rings. The van der Waals surface area contributed by atoms with Crippen molar-refractivity contribution in [2.45, 2.75) is 38.2 Å². The molecule has 0 aliphatic heterocycles. The van der Waals surface area contributed by atoms with Gasteiger partial charge in [0.25, 0.3) is 0 Å². The van der Waals surface area contributed by atoms with Crippen molar-refractivity contribution in [1.29, 1.82) is 0 Å². The van der Waals surface area contributed by atoms with Crippen LogP contribution in [-0.4, -0.2) is 37.7 Å². The Morgan fingerprint density at radius 2 is 1.96 bits per heavy atom. The molecule has 152 valence electrons. The maximum atomic E-state index is 13.9. The Morgan fingerprint density at radius 1 is 1.21 bits per heavy atom. The summed E-state index contributed by atoms with van der Waals surface area (Å²) in [5.41, 5.74) is 1.75. The molecule has 5 nitrogen and oxygen atoms in total. The Hall–Kier alpha value is -2.06. The number of nitrogens with zero attached hydrogens (tertiary/aromatic N) is 1. The maximum absolute atomic E-state index is 13.9. The molecule has 0 spiro atoms. The molecule has 2 aromatic rings. The fourth-order valence-corrected chi connectivity index (χ4v) is 4.27. The molecule has 1 aromatic carbocycles. The van der Waals surface area contributed by atoms with Crippen LogP contribution in [-0.2, 0) is 10.0 Å². The van der Waals surface area contributed by atoms with E-state index in [-0.39, 0.29) is 25.2 Å². The number of hydrogen-bond donors (Lipinski definition) is 1. The lowest BCUT2D eigenvalue weighted by Crippen LogP contribution is -2.48. The summed E-state index contributed by atoms with van der Waals surface area (Å²) in [5.74, 6) is -2.93. The molecule has 0 amide bonds. The van der Waals surface area contributed by atoms with Gasteiger partial charge in [-0.15, -0.1) is 0 Å².